The molecule has 0 aromatic carbocycles. The number of hydrogen-bond donors (Lipinski definition) is 2. The minimum atomic E-state index is -0.104. The van der Waals surface area contributed by atoms with Crippen LogP contribution in [0.1, 0.15) is 36.9 Å². The van der Waals surface area contributed by atoms with Crippen molar-refractivity contribution in [2.24, 2.45) is 0 Å². The first-order valence-corrected chi connectivity index (χ1v) is 5.25. The second-order valence-electron chi connectivity index (χ2n) is 3.71. The van der Waals surface area contributed by atoms with Crippen molar-refractivity contribution in [3.8, 4) is 0 Å². The Kier molecular flexibility index (Phi) is 3.35. The summed E-state index contributed by atoms with van der Waals surface area (Å²) >= 11 is 0. The quantitative estimate of drug-likeness (QED) is 0.768. The zero-order valence-corrected chi connectivity index (χ0v) is 8.59. The number of aromatic nitrogens is 2. The molecule has 1 saturated heterocycles. The summed E-state index contributed by atoms with van der Waals surface area (Å²) in [6.07, 6.45) is 3.03. The van der Waals surface area contributed by atoms with Gasteiger partial charge in [0.2, 0.25) is 0 Å². The number of ether oxygens (including phenoxy) is 1. The average molecular weight is 212 g/mol. The smallest absolute Gasteiger partial charge is 0.150 e. The molecule has 5 nitrogen and oxygen atoms in total. The highest BCUT2D eigenvalue weighted by molar-refractivity contribution is 5.09. The zero-order valence-electron chi connectivity index (χ0n) is 8.59. The third-order valence-electron chi connectivity index (χ3n) is 2.62. The normalized spacial score (nSPS) is 21.9. The third-order valence-corrected chi connectivity index (χ3v) is 2.62. The molecule has 0 amide bonds. The molecule has 2 rings (SSSR count). The molecule has 84 valence electrons. The number of hydrogen-bond acceptors (Lipinski definition) is 4. The van der Waals surface area contributed by atoms with Crippen LogP contribution in [0.2, 0.25) is 0 Å². The monoisotopic (exact) mass is 212 g/mol. The summed E-state index contributed by atoms with van der Waals surface area (Å²) in [7, 11) is 0. The van der Waals surface area contributed by atoms with Crippen molar-refractivity contribution < 1.29 is 14.9 Å². The van der Waals surface area contributed by atoms with Crippen LogP contribution < -0.4 is 0 Å². The molecule has 1 atom stereocenters. The van der Waals surface area contributed by atoms with Gasteiger partial charge in [0.1, 0.15) is 0 Å². The van der Waals surface area contributed by atoms with Crippen molar-refractivity contribution >= 4 is 0 Å². The summed E-state index contributed by atoms with van der Waals surface area (Å²) in [5.41, 5.74) is 1.28. The van der Waals surface area contributed by atoms with Crippen LogP contribution in [0.15, 0.2) is 6.07 Å². The highest BCUT2D eigenvalue weighted by atomic mass is 16.5. The molecule has 0 aliphatic carbocycles. The van der Waals surface area contributed by atoms with Crippen LogP contribution in [0.5, 0.6) is 0 Å². The van der Waals surface area contributed by atoms with E-state index >= 15 is 0 Å². The first-order valence-electron chi connectivity index (χ1n) is 5.25. The maximum Gasteiger partial charge on any atom is 0.150 e. The molecule has 2 heterocycles. The molecule has 0 radical (unpaired) electrons. The van der Waals surface area contributed by atoms with Gasteiger partial charge in [-0.1, -0.05) is 0 Å². The van der Waals surface area contributed by atoms with Crippen LogP contribution in [-0.2, 0) is 18.0 Å². The Labute approximate surface area is 88.3 Å². The molecular weight excluding hydrogens is 196 g/mol. The summed E-state index contributed by atoms with van der Waals surface area (Å²) in [5.74, 6) is 0. The Balaban J connectivity index is 2.20. The Morgan fingerprint density at radius 1 is 1.40 bits per heavy atom. The predicted octanol–water partition coefficient (Wildman–Crippen LogP) is 0.567. The number of nitrogens with zero attached hydrogens (tertiary/aromatic N) is 2. The fraction of sp³-hybridized carbons (Fsp3) is 0.700. The fourth-order valence-corrected chi connectivity index (χ4v) is 1.85. The van der Waals surface area contributed by atoms with E-state index < -0.39 is 0 Å². The molecule has 2 N–H and O–H groups in total. The van der Waals surface area contributed by atoms with Crippen molar-refractivity contribution in [3.63, 3.8) is 0 Å². The van der Waals surface area contributed by atoms with E-state index in [1.165, 1.54) is 0 Å². The molecule has 1 aliphatic heterocycles. The van der Waals surface area contributed by atoms with Crippen LogP contribution in [0.4, 0.5) is 0 Å². The van der Waals surface area contributed by atoms with E-state index in [4.69, 9.17) is 14.9 Å². The summed E-state index contributed by atoms with van der Waals surface area (Å²) < 4.78 is 7.26. The predicted molar refractivity (Wildman–Crippen MR) is 52.9 cm³/mol. The van der Waals surface area contributed by atoms with E-state index in [2.05, 4.69) is 5.10 Å². The molecule has 15 heavy (non-hydrogen) atoms. The highest BCUT2D eigenvalue weighted by Gasteiger charge is 2.19. The van der Waals surface area contributed by atoms with E-state index in [9.17, 15) is 0 Å². The second-order valence-corrected chi connectivity index (χ2v) is 3.71. The molecule has 0 saturated carbocycles. The van der Waals surface area contributed by atoms with Gasteiger partial charge in [-0.3, -0.25) is 0 Å². The van der Waals surface area contributed by atoms with Gasteiger partial charge in [0, 0.05) is 6.61 Å². The van der Waals surface area contributed by atoms with Crippen molar-refractivity contribution in [2.45, 2.75) is 38.7 Å². The first-order chi connectivity index (χ1) is 7.35. The van der Waals surface area contributed by atoms with Gasteiger partial charge in [-0.05, 0) is 25.3 Å². The minimum absolute atomic E-state index is 0.0765. The average Bonchev–Trinajstić information content (AvgIpc) is 2.73. The lowest BCUT2D eigenvalue weighted by Crippen LogP contribution is -2.21. The van der Waals surface area contributed by atoms with E-state index in [0.29, 0.717) is 11.4 Å². The van der Waals surface area contributed by atoms with Gasteiger partial charge < -0.3 is 14.9 Å². The molecule has 0 unspecified atom stereocenters. The zero-order chi connectivity index (χ0) is 10.7. The standard InChI is InChI=1S/C10H16N2O3/c13-6-8-5-9(7-14)12(11-8)10-3-1-2-4-15-10/h5,10,13-14H,1-4,6-7H2/t10-/m0/s1. The maximum atomic E-state index is 9.16. The molecule has 1 aliphatic rings. The lowest BCUT2D eigenvalue weighted by molar-refractivity contribution is -0.0430. The van der Waals surface area contributed by atoms with Gasteiger partial charge in [-0.15, -0.1) is 0 Å². The van der Waals surface area contributed by atoms with Gasteiger partial charge in [0.15, 0.2) is 6.23 Å². The Morgan fingerprint density at radius 2 is 2.27 bits per heavy atom. The van der Waals surface area contributed by atoms with Gasteiger partial charge >= 0.3 is 0 Å². The number of aliphatic hydroxyl groups excluding tert-OH is 2. The lowest BCUT2D eigenvalue weighted by atomic mass is 10.2. The molecule has 1 aromatic rings. The van der Waals surface area contributed by atoms with Crippen molar-refractivity contribution in [1.29, 1.82) is 0 Å². The first kappa shape index (κ1) is 10.6. The van der Waals surface area contributed by atoms with Gasteiger partial charge in [-0.2, -0.15) is 5.10 Å². The van der Waals surface area contributed by atoms with Crippen LogP contribution >= 0.6 is 0 Å². The molecule has 1 aromatic heterocycles. The highest BCUT2D eigenvalue weighted by Crippen LogP contribution is 2.23. The van der Waals surface area contributed by atoms with E-state index in [-0.39, 0.29) is 19.4 Å². The van der Waals surface area contributed by atoms with E-state index in [1.54, 1.807) is 10.7 Å². The van der Waals surface area contributed by atoms with Crippen LogP contribution in [-0.4, -0.2) is 26.6 Å². The van der Waals surface area contributed by atoms with Gasteiger partial charge in [-0.25, -0.2) is 4.68 Å². The maximum absolute atomic E-state index is 9.16. The topological polar surface area (TPSA) is 67.5 Å². The molecule has 0 spiro atoms. The van der Waals surface area contributed by atoms with Crippen LogP contribution in [0.3, 0.4) is 0 Å². The Hall–Kier alpha value is -0.910. The van der Waals surface area contributed by atoms with Crippen molar-refractivity contribution in [3.05, 3.63) is 17.5 Å². The Morgan fingerprint density at radius 3 is 2.87 bits per heavy atom. The minimum Gasteiger partial charge on any atom is -0.390 e. The summed E-state index contributed by atoms with van der Waals surface area (Å²) in [4.78, 5) is 0. The van der Waals surface area contributed by atoms with E-state index in [0.717, 1.165) is 25.9 Å². The van der Waals surface area contributed by atoms with Crippen LogP contribution in [0.25, 0.3) is 0 Å². The molecule has 0 bridgehead atoms. The van der Waals surface area contributed by atoms with Gasteiger partial charge in [0.25, 0.3) is 0 Å². The Bertz CT molecular complexity index is 318. The molecular formula is C10H16N2O3. The fourth-order valence-electron chi connectivity index (χ4n) is 1.85. The summed E-state index contributed by atoms with van der Waals surface area (Å²) in [6, 6.07) is 1.71. The lowest BCUT2D eigenvalue weighted by Gasteiger charge is -2.24. The van der Waals surface area contributed by atoms with Crippen LogP contribution in [0, 0.1) is 0 Å². The SMILES string of the molecule is OCc1cc(CO)n([C@@H]2CCCCO2)n1. The van der Waals surface area contributed by atoms with Gasteiger partial charge in [0.05, 0.1) is 24.6 Å². The summed E-state index contributed by atoms with van der Waals surface area (Å²) in [6.45, 7) is 0.559. The molecule has 1 fully saturated rings. The largest absolute Gasteiger partial charge is 0.390 e. The number of rotatable bonds is 3. The third kappa shape index (κ3) is 2.19. The number of aliphatic hydroxyl groups is 2. The van der Waals surface area contributed by atoms with Crippen molar-refractivity contribution in [1.82, 2.24) is 9.78 Å². The molecule has 5 heteroatoms. The van der Waals surface area contributed by atoms with E-state index in [1.807, 2.05) is 0 Å². The second kappa shape index (κ2) is 4.74. The summed E-state index contributed by atoms with van der Waals surface area (Å²) in [5, 5.41) is 22.3. The van der Waals surface area contributed by atoms with Crippen molar-refractivity contribution in [2.75, 3.05) is 6.61 Å².